The Balaban J connectivity index is 1.66. The molecule has 0 saturated carbocycles. The molecule has 32 heavy (non-hydrogen) atoms. The monoisotopic (exact) mass is 428 g/mol. The van der Waals surface area contributed by atoms with Crippen molar-refractivity contribution in [1.29, 1.82) is 0 Å². The molecule has 0 N–H and O–H groups in total. The predicted octanol–water partition coefficient (Wildman–Crippen LogP) is 6.62. The molecule has 0 saturated heterocycles. The van der Waals surface area contributed by atoms with Crippen LogP contribution in [0.1, 0.15) is 44.7 Å². The third-order valence-corrected chi connectivity index (χ3v) is 6.40. The highest BCUT2D eigenvalue weighted by Crippen LogP contribution is 2.53. The smallest absolute Gasteiger partial charge is 0.232 e. The maximum atomic E-state index is 6.63. The van der Waals surface area contributed by atoms with Crippen LogP contribution in [0, 0.1) is 0 Å². The van der Waals surface area contributed by atoms with Crippen molar-refractivity contribution in [2.75, 3.05) is 7.11 Å². The first-order valence-corrected chi connectivity index (χ1v) is 10.9. The second-order valence-corrected chi connectivity index (χ2v) is 9.57. The van der Waals surface area contributed by atoms with Gasteiger partial charge >= 0.3 is 0 Å². The number of ether oxygens (including phenoxy) is 2. The van der Waals surface area contributed by atoms with E-state index in [1.165, 1.54) is 5.39 Å². The summed E-state index contributed by atoms with van der Waals surface area (Å²) in [4.78, 5) is 0. The van der Waals surface area contributed by atoms with Crippen LogP contribution in [-0.2, 0) is 10.5 Å². The van der Waals surface area contributed by atoms with E-state index in [1.807, 2.05) is 38.1 Å². The van der Waals surface area contributed by atoms with Crippen molar-refractivity contribution in [3.05, 3.63) is 77.9 Å². The summed E-state index contributed by atoms with van der Waals surface area (Å²) in [7, 11) is 1.67. The van der Waals surface area contributed by atoms with Crippen LogP contribution in [0.3, 0.4) is 0 Å². The van der Waals surface area contributed by atoms with Crippen LogP contribution < -0.4 is 4.74 Å². The van der Waals surface area contributed by atoms with E-state index in [0.717, 1.165) is 22.3 Å². The van der Waals surface area contributed by atoms with E-state index in [1.54, 1.807) is 7.11 Å². The van der Waals surface area contributed by atoms with Gasteiger partial charge in [-0.05, 0) is 62.2 Å². The Labute approximate surface area is 188 Å². The molecule has 0 bridgehead atoms. The molecule has 3 aromatic carbocycles. The molecule has 3 aromatic rings. The van der Waals surface area contributed by atoms with Gasteiger partial charge in [0.2, 0.25) is 5.72 Å². The normalized spacial score (nSPS) is 27.8. The number of methoxy groups -OCH3 is 1. The largest absolute Gasteiger partial charge is 0.497 e. The van der Waals surface area contributed by atoms with Gasteiger partial charge in [0.15, 0.2) is 5.72 Å². The molecule has 0 spiro atoms. The van der Waals surface area contributed by atoms with E-state index < -0.39 is 17.0 Å². The average molecular weight is 429 g/mol. The van der Waals surface area contributed by atoms with Crippen LogP contribution in [0.15, 0.2) is 87.2 Å². The maximum Gasteiger partial charge on any atom is 0.232 e. The van der Waals surface area contributed by atoms with Gasteiger partial charge in [0, 0.05) is 11.5 Å². The minimum Gasteiger partial charge on any atom is -0.497 e. The maximum absolute atomic E-state index is 6.63. The van der Waals surface area contributed by atoms with E-state index in [9.17, 15) is 0 Å². The van der Waals surface area contributed by atoms with Gasteiger partial charge in [-0.2, -0.15) is 15.3 Å². The van der Waals surface area contributed by atoms with Gasteiger partial charge in [0.25, 0.3) is 0 Å². The molecule has 164 valence electrons. The van der Waals surface area contributed by atoms with Crippen molar-refractivity contribution < 1.29 is 9.47 Å². The van der Waals surface area contributed by atoms with Crippen molar-refractivity contribution in [2.45, 2.75) is 56.6 Å². The van der Waals surface area contributed by atoms with Crippen LogP contribution in [-0.4, -0.2) is 24.4 Å². The molecule has 0 fully saturated rings. The van der Waals surface area contributed by atoms with E-state index in [0.29, 0.717) is 0 Å². The zero-order chi connectivity index (χ0) is 22.6. The second kappa shape index (κ2) is 7.20. The van der Waals surface area contributed by atoms with E-state index in [-0.39, 0.29) is 12.0 Å². The van der Waals surface area contributed by atoms with Gasteiger partial charge in [0.05, 0.1) is 12.6 Å². The van der Waals surface area contributed by atoms with Gasteiger partial charge in [-0.25, -0.2) is 0 Å². The number of fused-ring (bicyclic) bond motifs is 1. The molecule has 6 heteroatoms. The average Bonchev–Trinajstić information content (AvgIpc) is 3.29. The number of azo groups is 2. The van der Waals surface area contributed by atoms with Gasteiger partial charge in [-0.15, -0.1) is 5.11 Å². The molecule has 0 aromatic heterocycles. The fraction of sp³-hybridized carbons (Fsp3) is 0.385. The highest BCUT2D eigenvalue weighted by atomic mass is 16.6. The summed E-state index contributed by atoms with van der Waals surface area (Å²) in [6.07, 6.45) is 0. The fourth-order valence-electron chi connectivity index (χ4n) is 4.87. The quantitative estimate of drug-likeness (QED) is 0.469. The molecule has 0 radical (unpaired) electrons. The minimum atomic E-state index is -1.06. The Morgan fingerprint density at radius 3 is 2.19 bits per heavy atom. The molecule has 2 heterocycles. The molecular formula is C26H28N4O2. The Bertz CT molecular complexity index is 1220. The van der Waals surface area contributed by atoms with E-state index in [4.69, 9.17) is 19.7 Å². The van der Waals surface area contributed by atoms with Crippen LogP contribution in [0.2, 0.25) is 0 Å². The molecule has 0 aliphatic carbocycles. The molecule has 6 nitrogen and oxygen atoms in total. The molecule has 2 aliphatic heterocycles. The number of hydrogen-bond acceptors (Lipinski definition) is 6. The first kappa shape index (κ1) is 20.8. The van der Waals surface area contributed by atoms with Crippen molar-refractivity contribution in [3.8, 4) is 5.75 Å². The van der Waals surface area contributed by atoms with Crippen LogP contribution in [0.25, 0.3) is 10.8 Å². The first-order chi connectivity index (χ1) is 15.2. The topological polar surface area (TPSA) is 67.9 Å². The van der Waals surface area contributed by atoms with Crippen molar-refractivity contribution in [1.82, 2.24) is 0 Å². The third kappa shape index (κ3) is 3.30. The predicted molar refractivity (Wildman–Crippen MR) is 124 cm³/mol. The molecular weight excluding hydrogens is 400 g/mol. The minimum absolute atomic E-state index is 0.0484. The van der Waals surface area contributed by atoms with E-state index in [2.05, 4.69) is 66.5 Å². The lowest BCUT2D eigenvalue weighted by atomic mass is 9.74. The Kier molecular flexibility index (Phi) is 4.67. The summed E-state index contributed by atoms with van der Waals surface area (Å²) in [5, 5.41) is 21.0. The zero-order valence-electron chi connectivity index (χ0n) is 19.1. The standard InChI is InChI=1S/C26H28N4O2/c1-24(2)22(18-11-14-21(31-5)15-12-18)23(27-28-24)26(30-29-25(3,4)32-26)20-13-10-17-8-6-7-9-19(17)16-20/h6-16,22-23H,1-5H3/t22-,23+,26-/m0/s1. The summed E-state index contributed by atoms with van der Waals surface area (Å²) < 4.78 is 12.0. The van der Waals surface area contributed by atoms with Gasteiger partial charge in [-0.1, -0.05) is 48.5 Å². The van der Waals surface area contributed by atoms with E-state index >= 15 is 0 Å². The fourth-order valence-corrected chi connectivity index (χ4v) is 4.87. The molecule has 2 aliphatic rings. The number of nitrogens with zero attached hydrogens (tertiary/aromatic N) is 4. The van der Waals surface area contributed by atoms with Crippen molar-refractivity contribution in [2.24, 2.45) is 20.5 Å². The van der Waals surface area contributed by atoms with Crippen LogP contribution in [0.4, 0.5) is 0 Å². The van der Waals surface area contributed by atoms with Gasteiger partial charge < -0.3 is 9.47 Å². The van der Waals surface area contributed by atoms with Crippen molar-refractivity contribution >= 4 is 10.8 Å². The first-order valence-electron chi connectivity index (χ1n) is 10.9. The lowest BCUT2D eigenvalue weighted by Gasteiger charge is -2.37. The third-order valence-electron chi connectivity index (χ3n) is 6.40. The second-order valence-electron chi connectivity index (χ2n) is 9.57. The summed E-state index contributed by atoms with van der Waals surface area (Å²) in [5.41, 5.74) is -0.178. The van der Waals surface area contributed by atoms with Gasteiger partial charge in [0.1, 0.15) is 11.8 Å². The summed E-state index contributed by atoms with van der Waals surface area (Å²) >= 11 is 0. The van der Waals surface area contributed by atoms with Gasteiger partial charge in [-0.3, -0.25) is 0 Å². The van der Waals surface area contributed by atoms with Crippen molar-refractivity contribution in [3.63, 3.8) is 0 Å². The Morgan fingerprint density at radius 2 is 1.53 bits per heavy atom. The molecule has 0 amide bonds. The highest BCUT2D eigenvalue weighted by molar-refractivity contribution is 5.83. The Morgan fingerprint density at radius 1 is 0.812 bits per heavy atom. The molecule has 0 unspecified atom stereocenters. The number of hydrogen-bond donors (Lipinski definition) is 0. The highest BCUT2D eigenvalue weighted by Gasteiger charge is 2.59. The lowest BCUT2D eigenvalue weighted by Crippen LogP contribution is -2.45. The van der Waals surface area contributed by atoms with Crippen LogP contribution in [0.5, 0.6) is 5.75 Å². The molecule has 5 rings (SSSR count). The zero-order valence-corrected chi connectivity index (χ0v) is 19.1. The number of benzene rings is 3. The summed E-state index contributed by atoms with van der Waals surface area (Å²) in [6, 6.07) is 22.4. The Hall–Kier alpha value is -3.12. The summed E-state index contributed by atoms with van der Waals surface area (Å²) in [6.45, 7) is 8.07. The SMILES string of the molecule is COc1ccc([C@H]2[C@H]([C@@]3(c4ccc5ccccc5c4)N=NC(C)(C)O3)N=NC2(C)C)cc1. The molecule has 3 atom stereocenters. The summed E-state index contributed by atoms with van der Waals surface area (Å²) in [5.74, 6) is 0.768. The lowest BCUT2D eigenvalue weighted by molar-refractivity contribution is -0.118. The van der Waals surface area contributed by atoms with Crippen LogP contribution >= 0.6 is 0 Å². The number of rotatable bonds is 4.